The van der Waals surface area contributed by atoms with Crippen LogP contribution in [0.5, 0.6) is 0 Å². The van der Waals surface area contributed by atoms with Crippen LogP contribution in [-0.4, -0.2) is 4.89 Å². The molecule has 0 spiro atoms. The molecule has 1 atom stereocenters. The summed E-state index contributed by atoms with van der Waals surface area (Å²) in [6.45, 7) is 3.79. The fraction of sp³-hybridized carbons (Fsp3) is 0.111. The molecule has 0 bridgehead atoms. The Labute approximate surface area is 77.6 Å². The third-order valence-electron chi connectivity index (χ3n) is 1.58. The van der Waals surface area contributed by atoms with Crippen LogP contribution in [0.15, 0.2) is 30.8 Å². The molecule has 1 aromatic rings. The van der Waals surface area contributed by atoms with Gasteiger partial charge in [0.25, 0.3) is 0 Å². The van der Waals surface area contributed by atoms with Crippen molar-refractivity contribution in [2.45, 2.75) is 6.61 Å². The summed E-state index contributed by atoms with van der Waals surface area (Å²) in [5.41, 5.74) is 1.89. The molecule has 0 radical (unpaired) electrons. The van der Waals surface area contributed by atoms with Gasteiger partial charge in [0, 0.05) is 0 Å². The molecule has 1 N–H and O–H groups in total. The number of hydrogen-bond acceptors (Lipinski definition) is 2. The maximum Gasteiger partial charge on any atom is 0.316 e. The fourth-order valence-electron chi connectivity index (χ4n) is 0.895. The predicted octanol–water partition coefficient (Wildman–Crippen LogP) is 2.23. The van der Waals surface area contributed by atoms with Gasteiger partial charge in [-0.3, -0.25) is 4.57 Å². The largest absolute Gasteiger partial charge is 0.326 e. The predicted molar refractivity (Wildman–Crippen MR) is 52.5 cm³/mol. The fourth-order valence-corrected chi connectivity index (χ4v) is 1.19. The van der Waals surface area contributed by atoms with E-state index in [2.05, 4.69) is 11.1 Å². The molecule has 0 aliphatic rings. The second-order valence-electron chi connectivity index (χ2n) is 2.50. The molecular weight excluding hydrogens is 187 g/mol. The Bertz CT molecular complexity index is 305. The number of benzene rings is 1. The van der Waals surface area contributed by atoms with E-state index in [1.165, 1.54) is 0 Å². The molecule has 4 heteroatoms. The smallest absolute Gasteiger partial charge is 0.316 e. The Morgan fingerprint density at radius 1 is 1.46 bits per heavy atom. The van der Waals surface area contributed by atoms with Gasteiger partial charge in [-0.25, -0.2) is 0 Å². The zero-order chi connectivity index (χ0) is 9.68. The topological polar surface area (TPSA) is 46.5 Å². The molecule has 13 heavy (non-hydrogen) atoms. The lowest BCUT2D eigenvalue weighted by Gasteiger charge is -2.00. The lowest BCUT2D eigenvalue weighted by Crippen LogP contribution is -1.85. The van der Waals surface area contributed by atoms with Crippen molar-refractivity contribution in [2.24, 2.45) is 0 Å². The van der Waals surface area contributed by atoms with Gasteiger partial charge in [-0.2, -0.15) is 0 Å². The van der Waals surface area contributed by atoms with E-state index in [0.29, 0.717) is 0 Å². The highest BCUT2D eigenvalue weighted by molar-refractivity contribution is 7.32. The van der Waals surface area contributed by atoms with Crippen LogP contribution in [0, 0.1) is 0 Å². The highest BCUT2D eigenvalue weighted by Crippen LogP contribution is 2.18. The molecule has 0 heterocycles. The van der Waals surface area contributed by atoms with E-state index in [9.17, 15) is 4.57 Å². The van der Waals surface area contributed by atoms with Crippen molar-refractivity contribution in [1.82, 2.24) is 0 Å². The minimum Gasteiger partial charge on any atom is -0.326 e. The number of hydrogen-bond donors (Lipinski definition) is 1. The molecule has 1 rings (SSSR count). The first-order chi connectivity index (χ1) is 6.22. The van der Waals surface area contributed by atoms with Gasteiger partial charge in [-0.05, 0) is 11.1 Å². The lowest BCUT2D eigenvalue weighted by molar-refractivity contribution is 0.272. The van der Waals surface area contributed by atoms with Crippen molar-refractivity contribution in [3.05, 3.63) is 42.0 Å². The average molecular weight is 198 g/mol. The first-order valence-corrected chi connectivity index (χ1v) is 5.06. The summed E-state index contributed by atoms with van der Waals surface area (Å²) in [6, 6.07) is 7.42. The molecule has 0 aliphatic carbocycles. The number of rotatable bonds is 4. The molecule has 0 amide bonds. The minimum absolute atomic E-state index is 0.172. The summed E-state index contributed by atoms with van der Waals surface area (Å²) < 4.78 is 14.8. The summed E-state index contributed by atoms with van der Waals surface area (Å²) in [4.78, 5) is 8.42. The van der Waals surface area contributed by atoms with Crippen molar-refractivity contribution in [3.63, 3.8) is 0 Å². The summed E-state index contributed by atoms with van der Waals surface area (Å²) >= 11 is 0. The van der Waals surface area contributed by atoms with Gasteiger partial charge in [0.1, 0.15) is 0 Å². The molecule has 0 aliphatic heterocycles. The molecule has 70 valence electrons. The summed E-state index contributed by atoms with van der Waals surface area (Å²) in [7, 11) is -2.82. The van der Waals surface area contributed by atoms with E-state index in [1.807, 2.05) is 24.3 Å². The Kier molecular flexibility index (Phi) is 3.90. The van der Waals surface area contributed by atoms with Crippen LogP contribution in [-0.2, 0) is 15.7 Å². The molecule has 1 aromatic carbocycles. The Morgan fingerprint density at radius 2 is 2.08 bits per heavy atom. The van der Waals surface area contributed by atoms with Gasteiger partial charge in [0.05, 0.1) is 6.61 Å². The normalized spacial score (nSPS) is 12.4. The Morgan fingerprint density at radius 3 is 2.54 bits per heavy atom. The Balaban J connectivity index is 2.59. The van der Waals surface area contributed by atoms with Gasteiger partial charge in [-0.15, -0.1) is 0 Å². The average Bonchev–Trinajstić information content (AvgIpc) is 2.15. The first kappa shape index (κ1) is 10.2. The van der Waals surface area contributed by atoms with Crippen LogP contribution in [0.4, 0.5) is 0 Å². The van der Waals surface area contributed by atoms with E-state index in [-0.39, 0.29) is 6.61 Å². The van der Waals surface area contributed by atoms with Crippen LogP contribution in [0.2, 0.25) is 0 Å². The van der Waals surface area contributed by atoms with Gasteiger partial charge in [0.2, 0.25) is 0 Å². The highest BCUT2D eigenvalue weighted by Gasteiger charge is 1.95. The van der Waals surface area contributed by atoms with Crippen LogP contribution >= 0.6 is 8.25 Å². The summed E-state index contributed by atoms with van der Waals surface area (Å²) in [5.74, 6) is 0. The highest BCUT2D eigenvalue weighted by atomic mass is 31.1. The molecule has 0 saturated heterocycles. The van der Waals surface area contributed by atoms with E-state index in [0.717, 1.165) is 11.1 Å². The zero-order valence-electron chi connectivity index (χ0n) is 7.06. The first-order valence-electron chi connectivity index (χ1n) is 3.79. The van der Waals surface area contributed by atoms with Gasteiger partial charge in [-0.1, -0.05) is 36.9 Å². The van der Waals surface area contributed by atoms with Crippen LogP contribution in [0.1, 0.15) is 11.1 Å². The van der Waals surface area contributed by atoms with Gasteiger partial charge < -0.3 is 9.42 Å². The van der Waals surface area contributed by atoms with Crippen molar-refractivity contribution >= 4 is 14.3 Å². The Hall–Kier alpha value is -0.890. The second-order valence-corrected chi connectivity index (χ2v) is 3.32. The quantitative estimate of drug-likeness (QED) is 0.754. The minimum atomic E-state index is -2.82. The van der Waals surface area contributed by atoms with Gasteiger partial charge in [0.15, 0.2) is 0 Å². The third kappa shape index (κ3) is 3.55. The summed E-state index contributed by atoms with van der Waals surface area (Å²) in [5, 5.41) is 0. The van der Waals surface area contributed by atoms with E-state index in [1.54, 1.807) is 6.08 Å². The standard InChI is InChI=1S/C9H11O3P/c1-2-8-3-5-9(6-4-8)7-12-13(10)11/h2-6,13H,1,7H2,(H,10,11). The van der Waals surface area contributed by atoms with E-state index >= 15 is 0 Å². The van der Waals surface area contributed by atoms with Crippen LogP contribution < -0.4 is 0 Å². The van der Waals surface area contributed by atoms with Crippen LogP contribution in [0.3, 0.4) is 0 Å². The van der Waals surface area contributed by atoms with Gasteiger partial charge >= 0.3 is 8.25 Å². The molecular formula is C9H11O3P. The monoisotopic (exact) mass is 198 g/mol. The third-order valence-corrected chi connectivity index (χ3v) is 1.97. The van der Waals surface area contributed by atoms with E-state index in [4.69, 9.17) is 4.89 Å². The van der Waals surface area contributed by atoms with Crippen molar-refractivity contribution in [1.29, 1.82) is 0 Å². The molecule has 0 aromatic heterocycles. The molecule has 3 nitrogen and oxygen atoms in total. The van der Waals surface area contributed by atoms with Crippen molar-refractivity contribution in [2.75, 3.05) is 0 Å². The molecule has 1 unspecified atom stereocenters. The van der Waals surface area contributed by atoms with Crippen LogP contribution in [0.25, 0.3) is 6.08 Å². The summed E-state index contributed by atoms with van der Waals surface area (Å²) in [6.07, 6.45) is 1.74. The lowest BCUT2D eigenvalue weighted by atomic mass is 10.1. The molecule has 0 fully saturated rings. The van der Waals surface area contributed by atoms with E-state index < -0.39 is 8.25 Å². The maximum absolute atomic E-state index is 10.2. The van der Waals surface area contributed by atoms with Crippen molar-refractivity contribution in [3.8, 4) is 0 Å². The molecule has 0 saturated carbocycles. The van der Waals surface area contributed by atoms with Crippen molar-refractivity contribution < 1.29 is 14.0 Å². The SMILES string of the molecule is C=Cc1ccc(CO[PH](=O)O)cc1. The second kappa shape index (κ2) is 4.97. The maximum atomic E-state index is 10.2. The zero-order valence-corrected chi connectivity index (χ0v) is 8.06.